The summed E-state index contributed by atoms with van der Waals surface area (Å²) in [5.41, 5.74) is 0. The summed E-state index contributed by atoms with van der Waals surface area (Å²) in [7, 11) is 0. The maximum absolute atomic E-state index is 8.72. The van der Waals surface area contributed by atoms with Gasteiger partial charge >= 0.3 is 0 Å². The van der Waals surface area contributed by atoms with Crippen molar-refractivity contribution in [2.24, 2.45) is 0 Å². The smallest absolute Gasteiger partial charge is 0.158 e. The van der Waals surface area contributed by atoms with E-state index in [-0.39, 0.29) is 19.0 Å². The van der Waals surface area contributed by atoms with E-state index in [1.807, 2.05) is 0 Å². The van der Waals surface area contributed by atoms with E-state index in [4.69, 9.17) is 14.6 Å². The molecule has 0 amide bonds. The van der Waals surface area contributed by atoms with E-state index in [9.17, 15) is 0 Å². The summed E-state index contributed by atoms with van der Waals surface area (Å²) in [6.07, 6.45) is 1.71. The van der Waals surface area contributed by atoms with Crippen molar-refractivity contribution in [2.75, 3.05) is 18.5 Å². The van der Waals surface area contributed by atoms with Crippen molar-refractivity contribution in [1.82, 2.24) is 0 Å². The van der Waals surface area contributed by atoms with Crippen LogP contribution in [-0.2, 0) is 9.47 Å². The Morgan fingerprint density at radius 2 is 2.36 bits per heavy atom. The van der Waals surface area contributed by atoms with Crippen molar-refractivity contribution >= 4 is 15.9 Å². The van der Waals surface area contributed by atoms with Crippen molar-refractivity contribution in [3.8, 4) is 0 Å². The molecule has 1 saturated heterocycles. The Morgan fingerprint density at radius 1 is 1.55 bits per heavy atom. The van der Waals surface area contributed by atoms with Crippen LogP contribution in [0.1, 0.15) is 12.8 Å². The molecule has 0 aromatic carbocycles. The number of rotatable bonds is 4. The van der Waals surface area contributed by atoms with Gasteiger partial charge in [0.25, 0.3) is 0 Å². The van der Waals surface area contributed by atoms with Gasteiger partial charge in [0.15, 0.2) is 6.29 Å². The standard InChI is InChI=1S/C7H13BrO3/c8-3-4-10-7-2-1-6(5-9)11-7/h6-7,9H,1-5H2. The molecule has 0 radical (unpaired) electrons. The second-order valence-corrected chi connectivity index (χ2v) is 3.30. The molecule has 1 aliphatic rings. The van der Waals surface area contributed by atoms with Gasteiger partial charge in [-0.3, -0.25) is 0 Å². The predicted molar refractivity (Wildman–Crippen MR) is 44.7 cm³/mol. The van der Waals surface area contributed by atoms with Crippen LogP contribution >= 0.6 is 15.9 Å². The van der Waals surface area contributed by atoms with Gasteiger partial charge in [0.2, 0.25) is 0 Å². The Balaban J connectivity index is 2.09. The molecule has 4 heteroatoms. The summed E-state index contributed by atoms with van der Waals surface area (Å²) in [6.45, 7) is 0.775. The summed E-state index contributed by atoms with van der Waals surface area (Å²) < 4.78 is 10.6. The molecule has 11 heavy (non-hydrogen) atoms. The van der Waals surface area contributed by atoms with Crippen LogP contribution in [0, 0.1) is 0 Å². The first kappa shape index (κ1) is 9.45. The number of hydrogen-bond acceptors (Lipinski definition) is 3. The topological polar surface area (TPSA) is 38.7 Å². The summed E-state index contributed by atoms with van der Waals surface area (Å²) in [5.74, 6) is 0. The Morgan fingerprint density at radius 3 is 2.91 bits per heavy atom. The maximum Gasteiger partial charge on any atom is 0.158 e. The first-order valence-corrected chi connectivity index (χ1v) is 4.93. The summed E-state index contributed by atoms with van der Waals surface area (Å²) >= 11 is 3.26. The average molecular weight is 225 g/mol. The van der Waals surface area contributed by atoms with Crippen LogP contribution in [0.25, 0.3) is 0 Å². The van der Waals surface area contributed by atoms with Crippen LogP contribution in [0.15, 0.2) is 0 Å². The fourth-order valence-electron chi connectivity index (χ4n) is 1.11. The Kier molecular flexibility index (Phi) is 4.37. The molecule has 0 saturated carbocycles. The van der Waals surface area contributed by atoms with Crippen LogP contribution in [0.2, 0.25) is 0 Å². The Hall–Kier alpha value is 0.360. The molecule has 0 aliphatic carbocycles. The van der Waals surface area contributed by atoms with Crippen molar-refractivity contribution in [1.29, 1.82) is 0 Å². The first-order chi connectivity index (χ1) is 5.36. The lowest BCUT2D eigenvalue weighted by Gasteiger charge is -2.11. The van der Waals surface area contributed by atoms with Gasteiger partial charge in [-0.2, -0.15) is 0 Å². The number of hydrogen-bond donors (Lipinski definition) is 1. The van der Waals surface area contributed by atoms with Crippen LogP contribution in [0.5, 0.6) is 0 Å². The Bertz CT molecular complexity index is 110. The van der Waals surface area contributed by atoms with E-state index >= 15 is 0 Å². The molecule has 0 aromatic rings. The summed E-state index contributed by atoms with van der Waals surface area (Å²) in [6, 6.07) is 0. The highest BCUT2D eigenvalue weighted by atomic mass is 79.9. The molecule has 1 fully saturated rings. The zero-order valence-electron chi connectivity index (χ0n) is 6.33. The Labute approximate surface area is 74.8 Å². The molecule has 0 bridgehead atoms. The molecule has 2 unspecified atom stereocenters. The van der Waals surface area contributed by atoms with E-state index in [1.165, 1.54) is 0 Å². The maximum atomic E-state index is 8.72. The van der Waals surface area contributed by atoms with Gasteiger partial charge in [0.05, 0.1) is 19.3 Å². The zero-order valence-corrected chi connectivity index (χ0v) is 7.92. The fraction of sp³-hybridized carbons (Fsp3) is 1.00. The van der Waals surface area contributed by atoms with Crippen molar-refractivity contribution in [3.63, 3.8) is 0 Å². The molecule has 66 valence electrons. The third-order valence-electron chi connectivity index (χ3n) is 1.65. The lowest BCUT2D eigenvalue weighted by Crippen LogP contribution is -2.17. The first-order valence-electron chi connectivity index (χ1n) is 3.80. The largest absolute Gasteiger partial charge is 0.394 e. The molecule has 1 N–H and O–H groups in total. The normalized spacial score (nSPS) is 31.1. The second-order valence-electron chi connectivity index (χ2n) is 2.51. The molecular formula is C7H13BrO3. The lowest BCUT2D eigenvalue weighted by atomic mass is 10.2. The quantitative estimate of drug-likeness (QED) is 0.722. The van der Waals surface area contributed by atoms with E-state index < -0.39 is 0 Å². The van der Waals surface area contributed by atoms with E-state index in [1.54, 1.807) is 0 Å². The van der Waals surface area contributed by atoms with Crippen LogP contribution < -0.4 is 0 Å². The number of aliphatic hydroxyl groups is 1. The van der Waals surface area contributed by atoms with Crippen LogP contribution in [0.4, 0.5) is 0 Å². The number of alkyl halides is 1. The number of aliphatic hydroxyl groups excluding tert-OH is 1. The van der Waals surface area contributed by atoms with Crippen LogP contribution in [-0.4, -0.2) is 36.0 Å². The predicted octanol–water partition coefficient (Wildman–Crippen LogP) is 0.895. The SMILES string of the molecule is OCC1CCC(OCCBr)O1. The van der Waals surface area contributed by atoms with E-state index in [2.05, 4.69) is 15.9 Å². The lowest BCUT2D eigenvalue weighted by molar-refractivity contribution is -0.136. The number of halogens is 1. The van der Waals surface area contributed by atoms with Gasteiger partial charge in [-0.15, -0.1) is 0 Å². The monoisotopic (exact) mass is 224 g/mol. The van der Waals surface area contributed by atoms with Gasteiger partial charge < -0.3 is 14.6 Å². The van der Waals surface area contributed by atoms with Gasteiger partial charge in [0.1, 0.15) is 0 Å². The highest BCUT2D eigenvalue weighted by Gasteiger charge is 2.24. The van der Waals surface area contributed by atoms with E-state index in [0.717, 1.165) is 18.2 Å². The van der Waals surface area contributed by atoms with Crippen molar-refractivity contribution < 1.29 is 14.6 Å². The summed E-state index contributed by atoms with van der Waals surface area (Å²) in [4.78, 5) is 0. The minimum atomic E-state index is -0.0929. The highest BCUT2D eigenvalue weighted by molar-refractivity contribution is 9.09. The second kappa shape index (κ2) is 5.09. The average Bonchev–Trinajstić information content (AvgIpc) is 2.48. The molecule has 1 aliphatic heterocycles. The molecule has 1 rings (SSSR count). The van der Waals surface area contributed by atoms with E-state index in [0.29, 0.717) is 6.61 Å². The van der Waals surface area contributed by atoms with Crippen molar-refractivity contribution in [3.05, 3.63) is 0 Å². The minimum Gasteiger partial charge on any atom is -0.394 e. The molecule has 2 atom stereocenters. The highest BCUT2D eigenvalue weighted by Crippen LogP contribution is 2.19. The third kappa shape index (κ3) is 3.07. The van der Waals surface area contributed by atoms with Gasteiger partial charge in [-0.1, -0.05) is 15.9 Å². The molecular weight excluding hydrogens is 212 g/mol. The number of ether oxygens (including phenoxy) is 2. The van der Waals surface area contributed by atoms with Gasteiger partial charge in [0, 0.05) is 11.8 Å². The minimum absolute atomic E-state index is 0.00433. The summed E-state index contributed by atoms with van der Waals surface area (Å²) in [5, 5.41) is 9.55. The van der Waals surface area contributed by atoms with Crippen LogP contribution in [0.3, 0.4) is 0 Å². The zero-order chi connectivity index (χ0) is 8.10. The fourth-order valence-corrected chi connectivity index (χ4v) is 1.29. The molecule has 0 aromatic heterocycles. The van der Waals surface area contributed by atoms with Gasteiger partial charge in [-0.05, 0) is 6.42 Å². The molecule has 3 nitrogen and oxygen atoms in total. The molecule has 0 spiro atoms. The van der Waals surface area contributed by atoms with Crippen molar-refractivity contribution in [2.45, 2.75) is 25.2 Å². The third-order valence-corrected chi connectivity index (χ3v) is 1.98. The molecule has 1 heterocycles. The van der Waals surface area contributed by atoms with Gasteiger partial charge in [-0.25, -0.2) is 0 Å².